The van der Waals surface area contributed by atoms with Crippen LogP contribution in [0.15, 0.2) is 24.3 Å². The van der Waals surface area contributed by atoms with Crippen molar-refractivity contribution in [2.45, 2.75) is 0 Å². The zero-order valence-corrected chi connectivity index (χ0v) is 12.5. The van der Waals surface area contributed by atoms with Crippen LogP contribution in [0.4, 0.5) is 0 Å². The van der Waals surface area contributed by atoms with Crippen molar-refractivity contribution in [3.05, 3.63) is 30.0 Å². The lowest BCUT2D eigenvalue weighted by Gasteiger charge is -2.25. The molecule has 7 heteroatoms. The van der Waals surface area contributed by atoms with Crippen LogP contribution in [0.25, 0.3) is 11.3 Å². The molecule has 1 fully saturated rings. The number of amides is 1. The number of benzene rings is 1. The van der Waals surface area contributed by atoms with Crippen LogP contribution in [0.1, 0.15) is 10.5 Å². The fraction of sp³-hybridized carbons (Fsp3) is 0.357. The molecule has 2 heterocycles. The normalized spacial score (nSPS) is 15.0. The minimum Gasteiger partial charge on any atom is -0.497 e. The molecule has 2 aromatic rings. The topological polar surface area (TPSA) is 71.1 Å². The van der Waals surface area contributed by atoms with Gasteiger partial charge >= 0.3 is 0 Å². The second-order valence-corrected chi connectivity index (χ2v) is 5.88. The van der Waals surface area contributed by atoms with Gasteiger partial charge in [0.05, 0.1) is 7.11 Å². The van der Waals surface area contributed by atoms with Gasteiger partial charge in [0.2, 0.25) is 0 Å². The van der Waals surface area contributed by atoms with Crippen LogP contribution >= 0.6 is 11.8 Å². The molecule has 1 amide bonds. The zero-order valence-electron chi connectivity index (χ0n) is 11.7. The molecule has 0 saturated carbocycles. The van der Waals surface area contributed by atoms with Crippen LogP contribution in [0.5, 0.6) is 5.75 Å². The number of thioether (sulfide) groups is 1. The molecule has 0 unspecified atom stereocenters. The quantitative estimate of drug-likeness (QED) is 0.934. The van der Waals surface area contributed by atoms with E-state index in [0.717, 1.165) is 35.9 Å². The first kappa shape index (κ1) is 13.9. The number of nitrogens with zero attached hydrogens (tertiary/aromatic N) is 3. The van der Waals surface area contributed by atoms with E-state index in [2.05, 4.69) is 15.4 Å². The summed E-state index contributed by atoms with van der Waals surface area (Å²) >= 11 is 1.86. The Labute approximate surface area is 126 Å². The average molecular weight is 304 g/mol. The molecule has 0 bridgehead atoms. The van der Waals surface area contributed by atoms with Crippen molar-refractivity contribution in [3.8, 4) is 17.0 Å². The first-order chi connectivity index (χ1) is 10.3. The number of aromatic nitrogens is 3. The maximum atomic E-state index is 12.6. The van der Waals surface area contributed by atoms with Crippen LogP contribution in [-0.4, -0.2) is 57.9 Å². The van der Waals surface area contributed by atoms with E-state index in [1.807, 2.05) is 40.9 Å². The Kier molecular flexibility index (Phi) is 4.10. The third-order valence-corrected chi connectivity index (χ3v) is 4.33. The molecule has 1 aliphatic heterocycles. The SMILES string of the molecule is COc1cccc(-c2n[nH]nc2C(=O)N2CCSCC2)c1. The molecule has 0 radical (unpaired) electrons. The van der Waals surface area contributed by atoms with Gasteiger partial charge in [-0.1, -0.05) is 12.1 Å². The molecular formula is C14H16N4O2S. The Bertz CT molecular complexity index is 637. The van der Waals surface area contributed by atoms with E-state index in [9.17, 15) is 4.79 Å². The number of hydrogen-bond acceptors (Lipinski definition) is 5. The highest BCUT2D eigenvalue weighted by Crippen LogP contribution is 2.25. The zero-order chi connectivity index (χ0) is 14.7. The fourth-order valence-corrected chi connectivity index (χ4v) is 3.17. The first-order valence-corrected chi connectivity index (χ1v) is 7.87. The molecule has 1 aliphatic rings. The minimum absolute atomic E-state index is 0.0677. The summed E-state index contributed by atoms with van der Waals surface area (Å²) in [5.74, 6) is 2.60. The van der Waals surface area contributed by atoms with Crippen molar-refractivity contribution in [2.24, 2.45) is 0 Å². The summed E-state index contributed by atoms with van der Waals surface area (Å²) in [5, 5.41) is 10.7. The largest absolute Gasteiger partial charge is 0.497 e. The third-order valence-electron chi connectivity index (χ3n) is 3.39. The second kappa shape index (κ2) is 6.17. The molecule has 110 valence electrons. The predicted molar refractivity (Wildman–Crippen MR) is 81.6 cm³/mol. The van der Waals surface area contributed by atoms with Gasteiger partial charge in [0, 0.05) is 30.2 Å². The molecule has 0 atom stereocenters. The van der Waals surface area contributed by atoms with Crippen molar-refractivity contribution in [3.63, 3.8) is 0 Å². The van der Waals surface area contributed by atoms with Gasteiger partial charge in [-0.05, 0) is 12.1 Å². The molecule has 1 N–H and O–H groups in total. The fourth-order valence-electron chi connectivity index (χ4n) is 2.27. The van der Waals surface area contributed by atoms with Crippen LogP contribution in [0.2, 0.25) is 0 Å². The van der Waals surface area contributed by atoms with Gasteiger partial charge in [-0.25, -0.2) is 0 Å². The lowest BCUT2D eigenvalue weighted by Crippen LogP contribution is -2.38. The number of ether oxygens (including phenoxy) is 1. The van der Waals surface area contributed by atoms with E-state index in [0.29, 0.717) is 11.4 Å². The monoisotopic (exact) mass is 304 g/mol. The van der Waals surface area contributed by atoms with E-state index >= 15 is 0 Å². The number of nitrogens with one attached hydrogen (secondary N) is 1. The van der Waals surface area contributed by atoms with Gasteiger partial charge in [0.25, 0.3) is 5.91 Å². The predicted octanol–water partition coefficient (Wildman–Crippen LogP) is 1.67. The highest BCUT2D eigenvalue weighted by Gasteiger charge is 2.24. The minimum atomic E-state index is -0.0677. The number of methoxy groups -OCH3 is 1. The van der Waals surface area contributed by atoms with E-state index in [1.165, 1.54) is 0 Å². The highest BCUT2D eigenvalue weighted by atomic mass is 32.2. The summed E-state index contributed by atoms with van der Waals surface area (Å²) < 4.78 is 5.21. The number of rotatable bonds is 3. The Morgan fingerprint density at radius 2 is 2.14 bits per heavy atom. The molecule has 0 aliphatic carbocycles. The molecule has 0 spiro atoms. The molecule has 1 aromatic heterocycles. The maximum Gasteiger partial charge on any atom is 0.276 e. The van der Waals surface area contributed by atoms with Gasteiger partial charge in [-0.15, -0.1) is 0 Å². The smallest absolute Gasteiger partial charge is 0.276 e. The van der Waals surface area contributed by atoms with E-state index < -0.39 is 0 Å². The molecule has 6 nitrogen and oxygen atoms in total. The van der Waals surface area contributed by atoms with Gasteiger partial charge in [0.1, 0.15) is 11.4 Å². The Hall–Kier alpha value is -2.02. The summed E-state index contributed by atoms with van der Waals surface area (Å²) in [5.41, 5.74) is 1.75. The number of carbonyl (C=O) groups is 1. The Balaban J connectivity index is 1.91. The van der Waals surface area contributed by atoms with Crippen LogP contribution in [0.3, 0.4) is 0 Å². The molecular weight excluding hydrogens is 288 g/mol. The number of hydrogen-bond donors (Lipinski definition) is 1. The summed E-state index contributed by atoms with van der Waals surface area (Å²) in [6.07, 6.45) is 0. The maximum absolute atomic E-state index is 12.6. The van der Waals surface area contributed by atoms with Crippen LogP contribution in [0, 0.1) is 0 Å². The van der Waals surface area contributed by atoms with E-state index in [-0.39, 0.29) is 5.91 Å². The van der Waals surface area contributed by atoms with Gasteiger partial charge in [-0.2, -0.15) is 27.2 Å². The van der Waals surface area contributed by atoms with Gasteiger partial charge in [0.15, 0.2) is 5.69 Å². The van der Waals surface area contributed by atoms with Crippen molar-refractivity contribution < 1.29 is 9.53 Å². The van der Waals surface area contributed by atoms with Gasteiger partial charge < -0.3 is 9.64 Å². The van der Waals surface area contributed by atoms with E-state index in [4.69, 9.17) is 4.74 Å². The summed E-state index contributed by atoms with van der Waals surface area (Å²) in [6, 6.07) is 7.46. The summed E-state index contributed by atoms with van der Waals surface area (Å²) in [7, 11) is 1.61. The number of H-pyrrole nitrogens is 1. The molecule has 1 aromatic carbocycles. The van der Waals surface area contributed by atoms with Crippen molar-refractivity contribution >= 4 is 17.7 Å². The van der Waals surface area contributed by atoms with E-state index in [1.54, 1.807) is 7.11 Å². The van der Waals surface area contributed by atoms with Crippen LogP contribution in [-0.2, 0) is 0 Å². The highest BCUT2D eigenvalue weighted by molar-refractivity contribution is 7.99. The van der Waals surface area contributed by atoms with Crippen molar-refractivity contribution in [1.82, 2.24) is 20.3 Å². The summed E-state index contributed by atoms with van der Waals surface area (Å²) in [6.45, 7) is 1.52. The Morgan fingerprint density at radius 1 is 1.33 bits per heavy atom. The summed E-state index contributed by atoms with van der Waals surface area (Å²) in [4.78, 5) is 14.4. The van der Waals surface area contributed by atoms with Gasteiger partial charge in [-0.3, -0.25) is 4.79 Å². The molecule has 1 saturated heterocycles. The Morgan fingerprint density at radius 3 is 2.90 bits per heavy atom. The van der Waals surface area contributed by atoms with Crippen molar-refractivity contribution in [1.29, 1.82) is 0 Å². The number of carbonyl (C=O) groups excluding carboxylic acids is 1. The van der Waals surface area contributed by atoms with Crippen LogP contribution < -0.4 is 4.74 Å². The molecule has 21 heavy (non-hydrogen) atoms. The lowest BCUT2D eigenvalue weighted by molar-refractivity contribution is 0.0767. The lowest BCUT2D eigenvalue weighted by atomic mass is 10.1. The average Bonchev–Trinajstić information content (AvgIpc) is 3.04. The third kappa shape index (κ3) is 2.87. The van der Waals surface area contributed by atoms with Crippen molar-refractivity contribution in [2.75, 3.05) is 31.7 Å². The first-order valence-electron chi connectivity index (χ1n) is 6.72. The number of aromatic amines is 1. The molecule has 3 rings (SSSR count). The second-order valence-electron chi connectivity index (χ2n) is 4.66. The standard InChI is InChI=1S/C14H16N4O2S/c1-20-11-4-2-3-10(9-11)12-13(16-17-15-12)14(19)18-5-7-21-8-6-18/h2-4,9H,5-8H2,1H3,(H,15,16,17).